The highest BCUT2D eigenvalue weighted by Gasteiger charge is 2.06. The monoisotopic (exact) mass is 276 g/mol. The average molecular weight is 276 g/mol. The summed E-state index contributed by atoms with van der Waals surface area (Å²) in [5, 5.41) is 7.72. The fraction of sp³-hybridized carbons (Fsp3) is 0.333. The second-order valence-electron chi connectivity index (χ2n) is 4.40. The molecule has 0 aliphatic carbocycles. The van der Waals surface area contributed by atoms with E-state index in [0.29, 0.717) is 22.3 Å². The van der Waals surface area contributed by atoms with Crippen molar-refractivity contribution >= 4 is 34.2 Å². The zero-order chi connectivity index (χ0) is 13.8. The van der Waals surface area contributed by atoms with Crippen LogP contribution in [0, 0.1) is 0 Å². The Morgan fingerprint density at radius 2 is 2.26 bits per heavy atom. The van der Waals surface area contributed by atoms with Gasteiger partial charge in [0.05, 0.1) is 5.52 Å². The Morgan fingerprint density at radius 1 is 1.47 bits per heavy atom. The molecule has 0 spiro atoms. The van der Waals surface area contributed by atoms with E-state index in [2.05, 4.69) is 30.8 Å². The number of rotatable bonds is 3. The first kappa shape index (κ1) is 13.4. The third kappa shape index (κ3) is 3.47. The summed E-state index contributed by atoms with van der Waals surface area (Å²) in [6.07, 6.45) is 1.71. The first-order chi connectivity index (χ1) is 9.06. The van der Waals surface area contributed by atoms with Crippen LogP contribution in [0.4, 0.5) is 0 Å². The standard InChI is InChI=1S/C12H16N6S/c1-7(2)14-12(19)18-17-8(3)10-15-9-5-4-6-13-11(9)16-10/h4-7H,1-3H3,(H,13,15,16)(H2,14,18,19). The van der Waals surface area contributed by atoms with Gasteiger partial charge in [-0.25, -0.2) is 9.97 Å². The summed E-state index contributed by atoms with van der Waals surface area (Å²) in [5.41, 5.74) is 5.06. The normalized spacial score (nSPS) is 11.9. The Balaban J connectivity index is 2.10. The predicted molar refractivity (Wildman–Crippen MR) is 80.1 cm³/mol. The van der Waals surface area contributed by atoms with Gasteiger partial charge in [-0.1, -0.05) is 0 Å². The summed E-state index contributed by atoms with van der Waals surface area (Å²) < 4.78 is 0. The van der Waals surface area contributed by atoms with E-state index in [1.54, 1.807) is 6.20 Å². The van der Waals surface area contributed by atoms with Crippen molar-refractivity contribution in [1.82, 2.24) is 25.7 Å². The van der Waals surface area contributed by atoms with Crippen LogP contribution in [0.2, 0.25) is 0 Å². The molecule has 19 heavy (non-hydrogen) atoms. The molecule has 0 aliphatic rings. The van der Waals surface area contributed by atoms with Gasteiger partial charge in [0.1, 0.15) is 5.71 Å². The fourth-order valence-electron chi connectivity index (χ4n) is 1.50. The van der Waals surface area contributed by atoms with Gasteiger partial charge in [-0.15, -0.1) is 0 Å². The zero-order valence-electron chi connectivity index (χ0n) is 11.1. The minimum Gasteiger partial charge on any atom is -0.359 e. The lowest BCUT2D eigenvalue weighted by atomic mass is 10.4. The number of nitrogens with one attached hydrogen (secondary N) is 3. The van der Waals surface area contributed by atoms with Crippen molar-refractivity contribution in [3.05, 3.63) is 24.2 Å². The quantitative estimate of drug-likeness (QED) is 0.450. The van der Waals surface area contributed by atoms with Gasteiger partial charge in [0.25, 0.3) is 0 Å². The minimum atomic E-state index is 0.269. The third-order valence-corrected chi connectivity index (χ3v) is 2.55. The molecule has 0 unspecified atom stereocenters. The lowest BCUT2D eigenvalue weighted by Crippen LogP contribution is -2.37. The molecule has 7 heteroatoms. The molecule has 6 nitrogen and oxygen atoms in total. The van der Waals surface area contributed by atoms with Crippen molar-refractivity contribution in [3.63, 3.8) is 0 Å². The molecular weight excluding hydrogens is 260 g/mol. The average Bonchev–Trinajstić information content (AvgIpc) is 2.78. The Morgan fingerprint density at radius 3 is 2.95 bits per heavy atom. The Bertz CT molecular complexity index is 582. The van der Waals surface area contributed by atoms with E-state index in [4.69, 9.17) is 12.2 Å². The van der Waals surface area contributed by atoms with E-state index in [0.717, 1.165) is 5.52 Å². The van der Waals surface area contributed by atoms with E-state index in [-0.39, 0.29) is 6.04 Å². The van der Waals surface area contributed by atoms with Crippen LogP contribution in [0.25, 0.3) is 11.2 Å². The lowest BCUT2D eigenvalue weighted by Gasteiger charge is -2.09. The van der Waals surface area contributed by atoms with E-state index in [1.807, 2.05) is 32.9 Å². The summed E-state index contributed by atoms with van der Waals surface area (Å²) in [4.78, 5) is 11.7. The molecule has 0 aromatic carbocycles. The second kappa shape index (κ2) is 5.75. The van der Waals surface area contributed by atoms with Crippen LogP contribution in [0.3, 0.4) is 0 Å². The van der Waals surface area contributed by atoms with Crippen molar-refractivity contribution in [2.24, 2.45) is 5.10 Å². The number of thiocarbonyl (C=S) groups is 1. The number of H-pyrrole nitrogens is 1. The molecular formula is C12H16N6S. The highest BCUT2D eigenvalue weighted by molar-refractivity contribution is 7.80. The number of fused-ring (bicyclic) bond motifs is 1. The van der Waals surface area contributed by atoms with Crippen molar-refractivity contribution in [2.45, 2.75) is 26.8 Å². The van der Waals surface area contributed by atoms with Gasteiger partial charge in [0.2, 0.25) is 0 Å². The molecule has 0 saturated heterocycles. The molecule has 2 aromatic heterocycles. The van der Waals surface area contributed by atoms with Crippen molar-refractivity contribution in [1.29, 1.82) is 0 Å². The van der Waals surface area contributed by atoms with Crippen molar-refractivity contribution in [3.8, 4) is 0 Å². The number of imidazole rings is 1. The molecule has 0 aliphatic heterocycles. The maximum absolute atomic E-state index is 5.09. The van der Waals surface area contributed by atoms with Gasteiger partial charge in [-0.05, 0) is 45.1 Å². The van der Waals surface area contributed by atoms with Gasteiger partial charge in [0.15, 0.2) is 16.6 Å². The second-order valence-corrected chi connectivity index (χ2v) is 4.81. The molecule has 2 rings (SSSR count). The summed E-state index contributed by atoms with van der Waals surface area (Å²) in [7, 11) is 0. The number of hydrazone groups is 1. The summed E-state index contributed by atoms with van der Waals surface area (Å²) in [6, 6.07) is 4.05. The van der Waals surface area contributed by atoms with Crippen LogP contribution in [0.1, 0.15) is 26.6 Å². The molecule has 3 N–H and O–H groups in total. The Hall–Kier alpha value is -2.02. The van der Waals surface area contributed by atoms with Gasteiger partial charge in [0, 0.05) is 12.2 Å². The zero-order valence-corrected chi connectivity index (χ0v) is 11.9. The molecule has 0 bridgehead atoms. The van der Waals surface area contributed by atoms with Crippen LogP contribution in [0.15, 0.2) is 23.4 Å². The van der Waals surface area contributed by atoms with Gasteiger partial charge in [-0.2, -0.15) is 5.10 Å². The molecule has 0 atom stereocenters. The van der Waals surface area contributed by atoms with Crippen LogP contribution in [-0.2, 0) is 0 Å². The van der Waals surface area contributed by atoms with Crippen LogP contribution in [-0.4, -0.2) is 31.8 Å². The van der Waals surface area contributed by atoms with E-state index in [1.165, 1.54) is 0 Å². The highest BCUT2D eigenvalue weighted by atomic mass is 32.1. The molecule has 100 valence electrons. The van der Waals surface area contributed by atoms with Gasteiger partial charge < -0.3 is 10.3 Å². The molecule has 0 saturated carbocycles. The molecule has 0 amide bonds. The van der Waals surface area contributed by atoms with Crippen molar-refractivity contribution < 1.29 is 0 Å². The number of pyridine rings is 1. The number of hydrogen-bond acceptors (Lipinski definition) is 4. The Kier molecular flexibility index (Phi) is 4.06. The smallest absolute Gasteiger partial charge is 0.187 e. The first-order valence-electron chi connectivity index (χ1n) is 5.98. The van der Waals surface area contributed by atoms with E-state index in [9.17, 15) is 0 Å². The topological polar surface area (TPSA) is 78.0 Å². The molecule has 0 radical (unpaired) electrons. The van der Waals surface area contributed by atoms with Crippen LogP contribution >= 0.6 is 12.2 Å². The van der Waals surface area contributed by atoms with Gasteiger partial charge >= 0.3 is 0 Å². The van der Waals surface area contributed by atoms with E-state index < -0.39 is 0 Å². The number of aromatic nitrogens is 3. The minimum absolute atomic E-state index is 0.269. The largest absolute Gasteiger partial charge is 0.359 e. The molecule has 2 heterocycles. The van der Waals surface area contributed by atoms with Crippen molar-refractivity contribution in [2.75, 3.05) is 0 Å². The Labute approximate surface area is 116 Å². The van der Waals surface area contributed by atoms with Gasteiger partial charge in [-0.3, -0.25) is 5.43 Å². The molecule has 2 aromatic rings. The number of nitrogens with zero attached hydrogens (tertiary/aromatic N) is 3. The van der Waals surface area contributed by atoms with Crippen LogP contribution < -0.4 is 10.7 Å². The lowest BCUT2D eigenvalue weighted by molar-refractivity contribution is 0.719. The number of hydrogen-bond donors (Lipinski definition) is 3. The number of aromatic amines is 1. The first-order valence-corrected chi connectivity index (χ1v) is 6.39. The van der Waals surface area contributed by atoms with Crippen LogP contribution in [0.5, 0.6) is 0 Å². The fourth-order valence-corrected chi connectivity index (χ4v) is 1.78. The molecule has 0 fully saturated rings. The predicted octanol–water partition coefficient (Wildman–Crippen LogP) is 1.55. The maximum atomic E-state index is 5.09. The summed E-state index contributed by atoms with van der Waals surface area (Å²) >= 11 is 5.09. The van der Waals surface area contributed by atoms with E-state index >= 15 is 0 Å². The summed E-state index contributed by atoms with van der Waals surface area (Å²) in [5.74, 6) is 0.675. The summed E-state index contributed by atoms with van der Waals surface area (Å²) in [6.45, 7) is 5.87. The maximum Gasteiger partial charge on any atom is 0.187 e. The SMILES string of the molecule is CC(=NNC(=S)NC(C)C)c1nc2ncccc2[nH]1. The highest BCUT2D eigenvalue weighted by Crippen LogP contribution is 2.07. The third-order valence-electron chi connectivity index (χ3n) is 2.35.